The Labute approximate surface area is 195 Å². The van der Waals surface area contributed by atoms with Crippen molar-refractivity contribution in [3.63, 3.8) is 0 Å². The van der Waals surface area contributed by atoms with Crippen molar-refractivity contribution >= 4 is 23.6 Å². The van der Waals surface area contributed by atoms with Crippen molar-refractivity contribution in [1.29, 1.82) is 0 Å². The van der Waals surface area contributed by atoms with Crippen LogP contribution in [0.5, 0.6) is 0 Å². The second-order valence-electron chi connectivity index (χ2n) is 8.67. The van der Waals surface area contributed by atoms with Crippen LogP contribution in [0.1, 0.15) is 52.0 Å². The van der Waals surface area contributed by atoms with E-state index in [1.165, 1.54) is 0 Å². The average Bonchev–Trinajstić information content (AvgIpc) is 3.32. The minimum Gasteiger partial charge on any atom is -0.376 e. The molecule has 1 saturated heterocycles. The van der Waals surface area contributed by atoms with Gasteiger partial charge in [0, 0.05) is 19.7 Å². The Morgan fingerprint density at radius 3 is 2.36 bits per heavy atom. The fourth-order valence-electron chi connectivity index (χ4n) is 3.57. The summed E-state index contributed by atoms with van der Waals surface area (Å²) in [7, 11) is 0. The second-order valence-corrected chi connectivity index (χ2v) is 8.67. The number of hydrogen-bond donors (Lipinski definition) is 4. The lowest BCUT2D eigenvalue weighted by Crippen LogP contribution is -2.55. The van der Waals surface area contributed by atoms with Crippen LogP contribution >= 0.6 is 0 Å². The minimum atomic E-state index is -0.967. The van der Waals surface area contributed by atoms with Crippen molar-refractivity contribution in [1.82, 2.24) is 21.3 Å². The zero-order valence-electron chi connectivity index (χ0n) is 19.7. The topological polar surface area (TPSA) is 126 Å². The average molecular weight is 461 g/mol. The first-order valence-corrected chi connectivity index (χ1v) is 11.6. The summed E-state index contributed by atoms with van der Waals surface area (Å²) in [6.45, 7) is 6.84. The van der Waals surface area contributed by atoms with Crippen molar-refractivity contribution < 1.29 is 23.9 Å². The lowest BCUT2D eigenvalue weighted by atomic mass is 10.0. The van der Waals surface area contributed by atoms with Crippen LogP contribution in [0.15, 0.2) is 30.3 Å². The molecule has 9 nitrogen and oxygen atoms in total. The number of hydrogen-bond acceptors (Lipinski definition) is 5. The number of ketones is 1. The number of Topliss-reactive ketones (excluding diaryl/α,β-unsaturated/α-hetero) is 1. The maximum atomic E-state index is 12.9. The molecule has 33 heavy (non-hydrogen) atoms. The molecule has 0 radical (unpaired) electrons. The van der Waals surface area contributed by atoms with Gasteiger partial charge in [-0.05, 0) is 37.2 Å². The predicted molar refractivity (Wildman–Crippen MR) is 124 cm³/mol. The van der Waals surface area contributed by atoms with Crippen LogP contribution in [-0.2, 0) is 25.7 Å². The maximum absolute atomic E-state index is 12.9. The summed E-state index contributed by atoms with van der Waals surface area (Å²) in [6.07, 6.45) is 2.35. The zero-order valence-corrected chi connectivity index (χ0v) is 19.7. The van der Waals surface area contributed by atoms with Gasteiger partial charge in [0.1, 0.15) is 6.04 Å². The molecule has 1 aromatic carbocycles. The molecule has 9 heteroatoms. The van der Waals surface area contributed by atoms with E-state index in [1.807, 2.05) is 44.2 Å². The highest BCUT2D eigenvalue weighted by atomic mass is 16.5. The Bertz CT molecular complexity index is 793. The molecule has 2 unspecified atom stereocenters. The van der Waals surface area contributed by atoms with Crippen LogP contribution in [-0.4, -0.2) is 55.0 Å². The van der Waals surface area contributed by atoms with Crippen molar-refractivity contribution in [2.75, 3.05) is 13.2 Å². The van der Waals surface area contributed by atoms with Crippen LogP contribution in [0.25, 0.3) is 0 Å². The number of urea groups is 1. The third-order valence-electron chi connectivity index (χ3n) is 5.40. The number of amides is 4. The normalized spacial score (nSPS) is 17.2. The molecule has 0 aromatic heterocycles. The molecule has 0 aliphatic carbocycles. The van der Waals surface area contributed by atoms with E-state index >= 15 is 0 Å². The molecule has 4 N–H and O–H groups in total. The van der Waals surface area contributed by atoms with Gasteiger partial charge in [0.25, 0.3) is 5.91 Å². The highest BCUT2D eigenvalue weighted by Crippen LogP contribution is 2.11. The fourth-order valence-corrected chi connectivity index (χ4v) is 3.57. The van der Waals surface area contributed by atoms with Crippen molar-refractivity contribution in [2.45, 2.75) is 71.2 Å². The van der Waals surface area contributed by atoms with E-state index in [4.69, 9.17) is 4.74 Å². The molecule has 0 spiro atoms. The minimum absolute atomic E-state index is 0.0783. The van der Waals surface area contributed by atoms with Gasteiger partial charge in [-0.2, -0.15) is 0 Å². The van der Waals surface area contributed by atoms with Gasteiger partial charge in [0.15, 0.2) is 0 Å². The molecule has 1 aromatic rings. The second kappa shape index (κ2) is 13.6. The lowest BCUT2D eigenvalue weighted by Gasteiger charge is -2.23. The summed E-state index contributed by atoms with van der Waals surface area (Å²) in [5, 5.41) is 10.7. The van der Waals surface area contributed by atoms with E-state index in [-0.39, 0.29) is 25.0 Å². The monoisotopic (exact) mass is 460 g/mol. The van der Waals surface area contributed by atoms with Gasteiger partial charge >= 0.3 is 6.03 Å². The molecule has 1 fully saturated rings. The van der Waals surface area contributed by atoms with Crippen LogP contribution in [0.4, 0.5) is 4.79 Å². The molecule has 3 atom stereocenters. The Balaban J connectivity index is 1.90. The highest BCUT2D eigenvalue weighted by molar-refractivity contribution is 6.38. The van der Waals surface area contributed by atoms with Crippen LogP contribution in [0.3, 0.4) is 0 Å². The third kappa shape index (κ3) is 9.21. The quantitative estimate of drug-likeness (QED) is 0.353. The van der Waals surface area contributed by atoms with Gasteiger partial charge in [0.05, 0.1) is 12.1 Å². The van der Waals surface area contributed by atoms with Gasteiger partial charge in [-0.25, -0.2) is 4.79 Å². The number of benzene rings is 1. The number of carbonyl (C=O) groups is 4. The van der Waals surface area contributed by atoms with E-state index in [2.05, 4.69) is 21.3 Å². The Hall–Kier alpha value is -2.94. The van der Waals surface area contributed by atoms with Crippen LogP contribution in [0, 0.1) is 5.92 Å². The van der Waals surface area contributed by atoms with Gasteiger partial charge < -0.3 is 26.0 Å². The van der Waals surface area contributed by atoms with Crippen molar-refractivity contribution in [3.8, 4) is 0 Å². The van der Waals surface area contributed by atoms with Crippen molar-refractivity contribution in [2.24, 2.45) is 5.92 Å². The van der Waals surface area contributed by atoms with Gasteiger partial charge in [-0.3, -0.25) is 14.4 Å². The van der Waals surface area contributed by atoms with E-state index in [0.29, 0.717) is 19.6 Å². The number of ether oxygens (including phenoxy) is 1. The lowest BCUT2D eigenvalue weighted by molar-refractivity contribution is -0.140. The van der Waals surface area contributed by atoms with Gasteiger partial charge in [-0.15, -0.1) is 0 Å². The first-order chi connectivity index (χ1) is 15.8. The van der Waals surface area contributed by atoms with E-state index < -0.39 is 35.7 Å². The smallest absolute Gasteiger partial charge is 0.315 e. The first-order valence-electron chi connectivity index (χ1n) is 11.6. The highest BCUT2D eigenvalue weighted by Gasteiger charge is 2.30. The number of rotatable bonds is 12. The molecule has 4 amide bonds. The molecule has 0 saturated carbocycles. The molecule has 1 aliphatic rings. The first kappa shape index (κ1) is 26.3. The molecule has 0 bridgehead atoms. The van der Waals surface area contributed by atoms with E-state index in [0.717, 1.165) is 18.4 Å². The standard InChI is InChI=1S/C24H36N4O5/c1-4-19(21(29)23(31)25-15-18-11-8-12-33-18)27-22(30)20(13-16(2)3)28-24(32)26-14-17-9-6-5-7-10-17/h5-7,9-10,16,18-20H,4,8,11-15H2,1-3H3,(H,25,31)(H,27,30)(H2,26,28,32)/t18-,19?,20?/m0/s1. The van der Waals surface area contributed by atoms with E-state index in [1.54, 1.807) is 6.92 Å². The summed E-state index contributed by atoms with van der Waals surface area (Å²) in [5.41, 5.74) is 0.933. The number of carbonyl (C=O) groups excluding carboxylic acids is 4. The zero-order chi connectivity index (χ0) is 24.2. The molecule has 1 heterocycles. The Morgan fingerprint density at radius 1 is 1.03 bits per heavy atom. The SMILES string of the molecule is CCC(NC(=O)C(CC(C)C)NC(=O)NCc1ccccc1)C(=O)C(=O)NC[C@@H]1CCCO1. The predicted octanol–water partition coefficient (Wildman–Crippen LogP) is 1.66. The fraction of sp³-hybridized carbons (Fsp3) is 0.583. The Morgan fingerprint density at radius 2 is 1.76 bits per heavy atom. The molecule has 182 valence electrons. The Kier molecular flexibility index (Phi) is 10.8. The molecule has 1 aliphatic heterocycles. The van der Waals surface area contributed by atoms with Gasteiger partial charge in [0.2, 0.25) is 11.7 Å². The maximum Gasteiger partial charge on any atom is 0.315 e. The number of nitrogens with one attached hydrogen (secondary N) is 4. The molecular formula is C24H36N4O5. The summed E-state index contributed by atoms with van der Waals surface area (Å²) >= 11 is 0. The third-order valence-corrected chi connectivity index (χ3v) is 5.40. The summed E-state index contributed by atoms with van der Waals surface area (Å²) in [4.78, 5) is 50.1. The molecular weight excluding hydrogens is 424 g/mol. The summed E-state index contributed by atoms with van der Waals surface area (Å²) < 4.78 is 5.45. The summed E-state index contributed by atoms with van der Waals surface area (Å²) in [6, 6.07) is 7.14. The van der Waals surface area contributed by atoms with E-state index in [9.17, 15) is 19.2 Å². The molecule has 2 rings (SSSR count). The summed E-state index contributed by atoms with van der Waals surface area (Å²) in [5.74, 6) is -1.82. The van der Waals surface area contributed by atoms with Crippen LogP contribution in [0.2, 0.25) is 0 Å². The van der Waals surface area contributed by atoms with Gasteiger partial charge in [-0.1, -0.05) is 51.1 Å². The van der Waals surface area contributed by atoms with Crippen LogP contribution < -0.4 is 21.3 Å². The largest absolute Gasteiger partial charge is 0.376 e. The van der Waals surface area contributed by atoms with Crippen molar-refractivity contribution in [3.05, 3.63) is 35.9 Å².